The first kappa shape index (κ1) is 15.4. The highest BCUT2D eigenvalue weighted by Gasteiger charge is 2.21. The Morgan fingerprint density at radius 3 is 2.55 bits per heavy atom. The molecule has 0 aliphatic heterocycles. The quantitative estimate of drug-likeness (QED) is 0.553. The Labute approximate surface area is 125 Å². The van der Waals surface area contributed by atoms with Gasteiger partial charge in [-0.15, -0.1) is 0 Å². The third kappa shape index (κ3) is 3.76. The second-order valence-electron chi connectivity index (χ2n) is 5.30. The summed E-state index contributed by atoms with van der Waals surface area (Å²) in [7, 11) is 0. The molecule has 1 heterocycles. The van der Waals surface area contributed by atoms with E-state index in [0.717, 1.165) is 35.3 Å². The van der Waals surface area contributed by atoms with Gasteiger partial charge in [-0.2, -0.15) is 11.8 Å². The molecule has 0 aromatic carbocycles. The van der Waals surface area contributed by atoms with Crippen LogP contribution in [-0.4, -0.2) is 27.5 Å². The van der Waals surface area contributed by atoms with Crippen molar-refractivity contribution in [3.05, 3.63) is 11.9 Å². The number of thioether (sulfide) groups is 1. The zero-order valence-corrected chi connectivity index (χ0v) is 13.2. The van der Waals surface area contributed by atoms with Crippen molar-refractivity contribution in [2.45, 2.75) is 56.7 Å². The minimum Gasteiger partial charge on any atom is -0.367 e. The number of nitrogen functional groups attached to an aromatic ring is 1. The highest BCUT2D eigenvalue weighted by atomic mass is 32.2. The fourth-order valence-electron chi connectivity index (χ4n) is 2.78. The third-order valence-corrected chi connectivity index (χ3v) is 5.07. The van der Waals surface area contributed by atoms with Crippen molar-refractivity contribution in [2.24, 2.45) is 5.84 Å². The van der Waals surface area contributed by atoms with Gasteiger partial charge in [0.15, 0.2) is 0 Å². The molecule has 1 aromatic heterocycles. The molecule has 1 aliphatic rings. The molecule has 112 valence electrons. The lowest BCUT2D eigenvalue weighted by molar-refractivity contribution is 0.472. The molecule has 20 heavy (non-hydrogen) atoms. The average molecular weight is 295 g/mol. The van der Waals surface area contributed by atoms with Gasteiger partial charge in [-0.25, -0.2) is 15.8 Å². The van der Waals surface area contributed by atoms with Crippen LogP contribution in [0, 0.1) is 0 Å². The van der Waals surface area contributed by atoms with Crippen molar-refractivity contribution in [2.75, 3.05) is 17.0 Å². The SMILES string of the molecule is CCCc1c(NN)ncnc1NC1CCC(SC)CC1. The van der Waals surface area contributed by atoms with E-state index in [1.807, 2.05) is 11.8 Å². The van der Waals surface area contributed by atoms with Gasteiger partial charge in [0.25, 0.3) is 0 Å². The Morgan fingerprint density at radius 2 is 1.95 bits per heavy atom. The molecule has 1 fully saturated rings. The van der Waals surface area contributed by atoms with Crippen LogP contribution in [-0.2, 0) is 6.42 Å². The van der Waals surface area contributed by atoms with E-state index in [1.165, 1.54) is 25.7 Å². The van der Waals surface area contributed by atoms with Crippen LogP contribution < -0.4 is 16.6 Å². The summed E-state index contributed by atoms with van der Waals surface area (Å²) in [5.74, 6) is 7.23. The molecule has 0 radical (unpaired) electrons. The van der Waals surface area contributed by atoms with Crippen molar-refractivity contribution < 1.29 is 0 Å². The number of hydrogen-bond acceptors (Lipinski definition) is 6. The first-order chi connectivity index (χ1) is 9.78. The number of nitrogens with one attached hydrogen (secondary N) is 2. The van der Waals surface area contributed by atoms with Gasteiger partial charge in [0.1, 0.15) is 18.0 Å². The van der Waals surface area contributed by atoms with Crippen LogP contribution in [0.5, 0.6) is 0 Å². The first-order valence-electron chi connectivity index (χ1n) is 7.38. The van der Waals surface area contributed by atoms with Crippen LogP contribution in [0.25, 0.3) is 0 Å². The second kappa shape index (κ2) is 7.69. The van der Waals surface area contributed by atoms with Crippen LogP contribution in [0.4, 0.5) is 11.6 Å². The maximum atomic E-state index is 5.55. The molecule has 4 N–H and O–H groups in total. The zero-order valence-electron chi connectivity index (χ0n) is 12.4. The lowest BCUT2D eigenvalue weighted by atomic mass is 9.95. The number of nitrogens with zero attached hydrogens (tertiary/aromatic N) is 2. The summed E-state index contributed by atoms with van der Waals surface area (Å²) in [4.78, 5) is 8.62. The van der Waals surface area contributed by atoms with E-state index in [1.54, 1.807) is 6.33 Å². The van der Waals surface area contributed by atoms with Crippen molar-refractivity contribution in [1.29, 1.82) is 0 Å². The molecule has 5 nitrogen and oxygen atoms in total. The van der Waals surface area contributed by atoms with Crippen molar-refractivity contribution in [3.63, 3.8) is 0 Å². The van der Waals surface area contributed by atoms with Crippen LogP contribution in [0.15, 0.2) is 6.33 Å². The summed E-state index contributed by atoms with van der Waals surface area (Å²) >= 11 is 1.99. The smallest absolute Gasteiger partial charge is 0.148 e. The fourth-order valence-corrected chi connectivity index (χ4v) is 3.53. The highest BCUT2D eigenvalue weighted by molar-refractivity contribution is 7.99. The Kier molecular flexibility index (Phi) is 5.91. The minimum atomic E-state index is 0.523. The lowest BCUT2D eigenvalue weighted by Gasteiger charge is -2.29. The van der Waals surface area contributed by atoms with Gasteiger partial charge in [-0.05, 0) is 38.4 Å². The van der Waals surface area contributed by atoms with Crippen molar-refractivity contribution >= 4 is 23.4 Å². The molecular formula is C14H25N5S. The fraction of sp³-hybridized carbons (Fsp3) is 0.714. The molecule has 0 bridgehead atoms. The summed E-state index contributed by atoms with van der Waals surface area (Å²) < 4.78 is 0. The topological polar surface area (TPSA) is 75.9 Å². The summed E-state index contributed by atoms with van der Waals surface area (Å²) in [5.41, 5.74) is 3.78. The maximum Gasteiger partial charge on any atom is 0.148 e. The van der Waals surface area contributed by atoms with Crippen LogP contribution in [0.2, 0.25) is 0 Å². The Hall–Kier alpha value is -1.01. The molecule has 2 rings (SSSR count). The molecule has 0 atom stereocenters. The number of nitrogens with two attached hydrogens (primary N) is 1. The molecular weight excluding hydrogens is 270 g/mol. The molecule has 0 spiro atoms. The zero-order chi connectivity index (χ0) is 14.4. The first-order valence-corrected chi connectivity index (χ1v) is 8.67. The van der Waals surface area contributed by atoms with Gasteiger partial charge in [0, 0.05) is 16.9 Å². The van der Waals surface area contributed by atoms with Gasteiger partial charge in [-0.1, -0.05) is 13.3 Å². The summed E-state index contributed by atoms with van der Waals surface area (Å²) in [6, 6.07) is 0.523. The van der Waals surface area contributed by atoms with Gasteiger partial charge in [-0.3, -0.25) is 0 Å². The van der Waals surface area contributed by atoms with Crippen LogP contribution in [0.3, 0.4) is 0 Å². The maximum absolute atomic E-state index is 5.55. The standard InChI is InChI=1S/C14H25N5S/c1-3-4-12-13(16-9-17-14(12)19-15)18-10-5-7-11(20-2)8-6-10/h9-11H,3-8,15H2,1-2H3,(H2,16,17,18,19). The Morgan fingerprint density at radius 1 is 1.25 bits per heavy atom. The van der Waals surface area contributed by atoms with E-state index in [9.17, 15) is 0 Å². The molecule has 1 aromatic rings. The van der Waals surface area contributed by atoms with E-state index >= 15 is 0 Å². The highest BCUT2D eigenvalue weighted by Crippen LogP contribution is 2.30. The van der Waals surface area contributed by atoms with E-state index in [0.29, 0.717) is 6.04 Å². The average Bonchev–Trinajstić information content (AvgIpc) is 2.50. The second-order valence-corrected chi connectivity index (χ2v) is 6.44. The number of rotatable bonds is 6. The number of hydrazine groups is 1. The van der Waals surface area contributed by atoms with Gasteiger partial charge in [0.2, 0.25) is 0 Å². The summed E-state index contributed by atoms with van der Waals surface area (Å²) in [5, 5.41) is 4.43. The largest absolute Gasteiger partial charge is 0.367 e. The Bertz CT molecular complexity index is 418. The molecule has 0 saturated heterocycles. The normalized spacial score (nSPS) is 22.6. The van der Waals surface area contributed by atoms with E-state index in [-0.39, 0.29) is 0 Å². The molecule has 0 amide bonds. The number of hydrogen-bond donors (Lipinski definition) is 3. The summed E-state index contributed by atoms with van der Waals surface area (Å²) in [6.07, 6.45) is 10.8. The predicted molar refractivity (Wildman–Crippen MR) is 87.0 cm³/mol. The Balaban J connectivity index is 2.05. The lowest BCUT2D eigenvalue weighted by Crippen LogP contribution is -2.28. The van der Waals surface area contributed by atoms with Crippen LogP contribution in [0.1, 0.15) is 44.6 Å². The third-order valence-electron chi connectivity index (χ3n) is 3.93. The minimum absolute atomic E-state index is 0.523. The van der Waals surface area contributed by atoms with Crippen molar-refractivity contribution in [1.82, 2.24) is 9.97 Å². The van der Waals surface area contributed by atoms with Gasteiger partial charge < -0.3 is 10.7 Å². The van der Waals surface area contributed by atoms with Gasteiger partial charge in [0.05, 0.1) is 0 Å². The molecule has 6 heteroatoms. The summed E-state index contributed by atoms with van der Waals surface area (Å²) in [6.45, 7) is 2.15. The monoisotopic (exact) mass is 295 g/mol. The van der Waals surface area contributed by atoms with Gasteiger partial charge >= 0.3 is 0 Å². The van der Waals surface area contributed by atoms with Crippen molar-refractivity contribution in [3.8, 4) is 0 Å². The number of anilines is 2. The predicted octanol–water partition coefficient (Wildman–Crippen LogP) is 2.80. The van der Waals surface area contributed by atoms with Crippen LogP contribution >= 0.6 is 11.8 Å². The number of aromatic nitrogens is 2. The molecule has 1 aliphatic carbocycles. The molecule has 1 saturated carbocycles. The molecule has 0 unspecified atom stereocenters. The van der Waals surface area contributed by atoms with E-state index < -0.39 is 0 Å². The van der Waals surface area contributed by atoms with E-state index in [4.69, 9.17) is 5.84 Å². The van der Waals surface area contributed by atoms with E-state index in [2.05, 4.69) is 33.9 Å².